The van der Waals surface area contributed by atoms with E-state index in [1.807, 2.05) is 30.3 Å². The monoisotopic (exact) mass is 242 g/mol. The summed E-state index contributed by atoms with van der Waals surface area (Å²) in [5.74, 6) is 0. The molecule has 0 unspecified atom stereocenters. The van der Waals surface area contributed by atoms with Crippen molar-refractivity contribution in [2.24, 2.45) is 0 Å². The summed E-state index contributed by atoms with van der Waals surface area (Å²) in [6.45, 7) is 0.773. The van der Waals surface area contributed by atoms with Gasteiger partial charge in [-0.3, -0.25) is 4.98 Å². The number of para-hydroxylation sites is 1. The summed E-state index contributed by atoms with van der Waals surface area (Å²) >= 11 is 6.26. The highest BCUT2D eigenvalue weighted by atomic mass is 35.5. The van der Waals surface area contributed by atoms with Gasteiger partial charge in [0.1, 0.15) is 5.15 Å². The van der Waals surface area contributed by atoms with Crippen molar-refractivity contribution in [1.82, 2.24) is 9.55 Å². The van der Waals surface area contributed by atoms with Crippen LogP contribution in [-0.4, -0.2) is 9.55 Å². The number of benzene rings is 1. The minimum Gasteiger partial charge on any atom is -0.327 e. The molecular formula is C14H11ClN2. The summed E-state index contributed by atoms with van der Waals surface area (Å²) in [5.41, 5.74) is 2.36. The van der Waals surface area contributed by atoms with Crippen LogP contribution in [0.25, 0.3) is 10.9 Å². The number of hydrogen-bond donors (Lipinski definition) is 0. The molecule has 2 nitrogen and oxygen atoms in total. The van der Waals surface area contributed by atoms with Gasteiger partial charge in [0.05, 0.1) is 0 Å². The minimum absolute atomic E-state index is 0.767. The highest BCUT2D eigenvalue weighted by Gasteiger charge is 2.06. The lowest BCUT2D eigenvalue weighted by Gasteiger charge is -2.06. The zero-order chi connectivity index (χ0) is 11.7. The van der Waals surface area contributed by atoms with Crippen molar-refractivity contribution in [3.05, 3.63) is 65.6 Å². The topological polar surface area (TPSA) is 17.8 Å². The Kier molecular flexibility index (Phi) is 2.57. The Morgan fingerprint density at radius 3 is 2.65 bits per heavy atom. The van der Waals surface area contributed by atoms with Crippen LogP contribution in [0.15, 0.2) is 54.9 Å². The number of aromatic nitrogens is 2. The van der Waals surface area contributed by atoms with E-state index in [9.17, 15) is 0 Å². The average molecular weight is 243 g/mol. The maximum absolute atomic E-state index is 6.26. The first-order valence-corrected chi connectivity index (χ1v) is 5.85. The van der Waals surface area contributed by atoms with Gasteiger partial charge in [-0.25, -0.2) is 0 Å². The lowest BCUT2D eigenvalue weighted by molar-refractivity contribution is 0.835. The lowest BCUT2D eigenvalue weighted by Crippen LogP contribution is -1.99. The molecule has 0 N–H and O–H groups in total. The maximum Gasteiger partial charge on any atom is 0.110 e. The van der Waals surface area contributed by atoms with Crippen molar-refractivity contribution in [1.29, 1.82) is 0 Å². The molecule has 0 amide bonds. The summed E-state index contributed by atoms with van der Waals surface area (Å²) in [5, 5.41) is 1.94. The van der Waals surface area contributed by atoms with E-state index in [4.69, 9.17) is 11.6 Å². The van der Waals surface area contributed by atoms with E-state index >= 15 is 0 Å². The Morgan fingerprint density at radius 1 is 1.06 bits per heavy atom. The van der Waals surface area contributed by atoms with E-state index in [1.54, 1.807) is 12.4 Å². The molecular weight excluding hydrogens is 232 g/mol. The highest BCUT2D eigenvalue weighted by molar-refractivity contribution is 6.31. The molecule has 3 rings (SSSR count). The van der Waals surface area contributed by atoms with E-state index in [2.05, 4.69) is 21.7 Å². The standard InChI is InChI=1S/C14H11ClN2/c15-14-9-12-3-1-2-4-13(12)17(14)10-11-5-7-16-8-6-11/h1-9H,10H2. The van der Waals surface area contributed by atoms with Crippen LogP contribution in [0.3, 0.4) is 0 Å². The van der Waals surface area contributed by atoms with Crippen LogP contribution in [0.4, 0.5) is 0 Å². The largest absolute Gasteiger partial charge is 0.327 e. The molecule has 2 aromatic heterocycles. The first-order chi connectivity index (χ1) is 8.34. The van der Waals surface area contributed by atoms with Gasteiger partial charge in [0.2, 0.25) is 0 Å². The fraction of sp³-hybridized carbons (Fsp3) is 0.0714. The predicted octanol–water partition coefficient (Wildman–Crippen LogP) is 3.74. The van der Waals surface area contributed by atoms with Crippen molar-refractivity contribution in [2.75, 3.05) is 0 Å². The minimum atomic E-state index is 0.767. The third-order valence-corrected chi connectivity index (χ3v) is 3.16. The van der Waals surface area contributed by atoms with E-state index in [1.165, 1.54) is 10.9 Å². The molecule has 0 aliphatic carbocycles. The third-order valence-electron chi connectivity index (χ3n) is 2.85. The van der Waals surface area contributed by atoms with Crippen LogP contribution in [0.2, 0.25) is 5.15 Å². The van der Waals surface area contributed by atoms with Crippen LogP contribution < -0.4 is 0 Å². The Balaban J connectivity index is 2.08. The van der Waals surface area contributed by atoms with Crippen molar-refractivity contribution >= 4 is 22.5 Å². The zero-order valence-corrected chi connectivity index (χ0v) is 9.93. The zero-order valence-electron chi connectivity index (χ0n) is 9.18. The number of nitrogens with zero attached hydrogens (tertiary/aromatic N) is 2. The van der Waals surface area contributed by atoms with E-state index in [0.717, 1.165) is 17.2 Å². The molecule has 0 bridgehead atoms. The Morgan fingerprint density at radius 2 is 1.82 bits per heavy atom. The van der Waals surface area contributed by atoms with E-state index < -0.39 is 0 Å². The highest BCUT2D eigenvalue weighted by Crippen LogP contribution is 2.24. The summed E-state index contributed by atoms with van der Waals surface area (Å²) < 4.78 is 2.10. The van der Waals surface area contributed by atoms with Crippen molar-refractivity contribution < 1.29 is 0 Å². The second-order valence-electron chi connectivity index (χ2n) is 3.97. The van der Waals surface area contributed by atoms with Crippen LogP contribution in [0.5, 0.6) is 0 Å². The van der Waals surface area contributed by atoms with Gasteiger partial charge in [-0.05, 0) is 29.8 Å². The third kappa shape index (κ3) is 1.92. The van der Waals surface area contributed by atoms with Crippen LogP contribution in [0, 0.1) is 0 Å². The van der Waals surface area contributed by atoms with Gasteiger partial charge in [0.25, 0.3) is 0 Å². The molecule has 17 heavy (non-hydrogen) atoms. The van der Waals surface area contributed by atoms with Crippen LogP contribution in [0.1, 0.15) is 5.56 Å². The predicted molar refractivity (Wildman–Crippen MR) is 70.3 cm³/mol. The van der Waals surface area contributed by atoms with E-state index in [0.29, 0.717) is 0 Å². The Labute approximate surface area is 104 Å². The summed E-state index contributed by atoms with van der Waals surface area (Å²) in [7, 11) is 0. The molecule has 84 valence electrons. The van der Waals surface area contributed by atoms with Gasteiger partial charge in [0.15, 0.2) is 0 Å². The van der Waals surface area contributed by atoms with Gasteiger partial charge in [-0.15, -0.1) is 0 Å². The normalized spacial score (nSPS) is 10.9. The van der Waals surface area contributed by atoms with Gasteiger partial charge in [0, 0.05) is 29.8 Å². The molecule has 0 saturated carbocycles. The molecule has 3 heteroatoms. The quantitative estimate of drug-likeness (QED) is 0.669. The van der Waals surface area contributed by atoms with Crippen LogP contribution >= 0.6 is 11.6 Å². The SMILES string of the molecule is Clc1cc2ccccc2n1Cc1ccncc1. The molecule has 2 heterocycles. The maximum atomic E-state index is 6.26. The molecule has 0 saturated heterocycles. The Hall–Kier alpha value is -1.80. The fourth-order valence-electron chi connectivity index (χ4n) is 2.01. The molecule has 0 atom stereocenters. The number of fused-ring (bicyclic) bond motifs is 1. The first-order valence-electron chi connectivity index (χ1n) is 5.47. The molecule has 0 radical (unpaired) electrons. The molecule has 0 aliphatic rings. The molecule has 0 fully saturated rings. The van der Waals surface area contributed by atoms with Gasteiger partial charge < -0.3 is 4.57 Å². The lowest BCUT2D eigenvalue weighted by atomic mass is 10.2. The van der Waals surface area contributed by atoms with Crippen LogP contribution in [-0.2, 0) is 6.54 Å². The van der Waals surface area contributed by atoms with Gasteiger partial charge >= 0.3 is 0 Å². The fourth-order valence-corrected chi connectivity index (χ4v) is 2.28. The smallest absolute Gasteiger partial charge is 0.110 e. The summed E-state index contributed by atoms with van der Waals surface area (Å²) in [4.78, 5) is 4.02. The van der Waals surface area contributed by atoms with Crippen molar-refractivity contribution in [3.63, 3.8) is 0 Å². The van der Waals surface area contributed by atoms with E-state index in [-0.39, 0.29) is 0 Å². The van der Waals surface area contributed by atoms with Crippen molar-refractivity contribution in [2.45, 2.75) is 6.54 Å². The number of hydrogen-bond acceptors (Lipinski definition) is 1. The second kappa shape index (κ2) is 4.22. The van der Waals surface area contributed by atoms with Crippen molar-refractivity contribution in [3.8, 4) is 0 Å². The second-order valence-corrected chi connectivity index (χ2v) is 4.35. The molecule has 3 aromatic rings. The van der Waals surface area contributed by atoms with Gasteiger partial charge in [-0.1, -0.05) is 29.8 Å². The molecule has 0 spiro atoms. The number of halogens is 1. The first kappa shape index (κ1) is 10.4. The Bertz CT molecular complexity index is 644. The molecule has 1 aromatic carbocycles. The number of rotatable bonds is 2. The van der Waals surface area contributed by atoms with Gasteiger partial charge in [-0.2, -0.15) is 0 Å². The molecule has 0 aliphatic heterocycles. The number of pyridine rings is 1. The summed E-state index contributed by atoms with van der Waals surface area (Å²) in [6, 6.07) is 14.2. The average Bonchev–Trinajstić information content (AvgIpc) is 2.68. The summed E-state index contributed by atoms with van der Waals surface area (Å²) in [6.07, 6.45) is 3.60.